The number of phenolic OH excluding ortho intramolecular Hbond substituents is 1. The molecule has 2 aromatic carbocycles. The zero-order chi connectivity index (χ0) is 19.1. The molecule has 2 aromatic rings. The minimum absolute atomic E-state index is 0.338. The normalized spacial score (nSPS) is 15.1. The summed E-state index contributed by atoms with van der Waals surface area (Å²) >= 11 is 0. The Hall–Kier alpha value is -2.60. The smallest absolute Gasteiger partial charge is 0.191 e. The van der Waals surface area contributed by atoms with E-state index < -0.39 is 5.82 Å². The van der Waals surface area contributed by atoms with Crippen molar-refractivity contribution >= 4 is 5.96 Å². The fourth-order valence-corrected chi connectivity index (χ4v) is 3.21. The van der Waals surface area contributed by atoms with Gasteiger partial charge in [-0.3, -0.25) is 9.89 Å². The van der Waals surface area contributed by atoms with Gasteiger partial charge < -0.3 is 15.7 Å². The molecule has 0 aliphatic carbocycles. The topological polar surface area (TPSA) is 59.9 Å². The molecule has 144 valence electrons. The first-order valence-corrected chi connectivity index (χ1v) is 9.36. The quantitative estimate of drug-likeness (QED) is 0.540. The minimum atomic E-state index is -0.619. The zero-order valence-electron chi connectivity index (χ0n) is 15.7. The van der Waals surface area contributed by atoms with Crippen LogP contribution in [-0.2, 0) is 19.6 Å². The van der Waals surface area contributed by atoms with Crippen molar-refractivity contribution in [3.63, 3.8) is 0 Å². The molecule has 1 aliphatic rings. The van der Waals surface area contributed by atoms with E-state index in [1.54, 1.807) is 13.1 Å². The van der Waals surface area contributed by atoms with Gasteiger partial charge in [-0.15, -0.1) is 0 Å². The molecule has 0 atom stereocenters. The lowest BCUT2D eigenvalue weighted by atomic mass is 10.1. The van der Waals surface area contributed by atoms with E-state index in [9.17, 15) is 9.50 Å². The van der Waals surface area contributed by atoms with Gasteiger partial charge in [-0.25, -0.2) is 4.39 Å². The summed E-state index contributed by atoms with van der Waals surface area (Å²) in [5.41, 5.74) is 3.26. The van der Waals surface area contributed by atoms with E-state index in [0.717, 1.165) is 12.1 Å². The van der Waals surface area contributed by atoms with Crippen LogP contribution in [0.4, 0.5) is 4.39 Å². The molecule has 0 radical (unpaired) electrons. The number of rotatable bonds is 6. The van der Waals surface area contributed by atoms with Gasteiger partial charge in [-0.1, -0.05) is 30.3 Å². The molecule has 1 aliphatic heterocycles. The van der Waals surface area contributed by atoms with Gasteiger partial charge in [0.15, 0.2) is 17.5 Å². The molecule has 0 amide bonds. The van der Waals surface area contributed by atoms with E-state index in [2.05, 4.69) is 44.8 Å². The number of benzene rings is 2. The number of guanidine groups is 1. The van der Waals surface area contributed by atoms with E-state index in [-0.39, 0.29) is 5.75 Å². The van der Waals surface area contributed by atoms with Crippen LogP contribution in [0.1, 0.15) is 29.5 Å². The molecule has 1 heterocycles. The summed E-state index contributed by atoms with van der Waals surface area (Å²) in [5.74, 6) is -0.315. The number of aliphatic imine (C=N–C) groups is 1. The van der Waals surface area contributed by atoms with Crippen molar-refractivity contribution in [2.24, 2.45) is 4.99 Å². The van der Waals surface area contributed by atoms with Crippen LogP contribution in [0.3, 0.4) is 0 Å². The summed E-state index contributed by atoms with van der Waals surface area (Å²) in [6, 6.07) is 13.0. The highest BCUT2D eigenvalue weighted by molar-refractivity contribution is 5.79. The van der Waals surface area contributed by atoms with Crippen molar-refractivity contribution in [3.05, 3.63) is 65.0 Å². The van der Waals surface area contributed by atoms with Crippen LogP contribution in [0.15, 0.2) is 47.5 Å². The fourth-order valence-electron chi connectivity index (χ4n) is 3.21. The molecule has 3 rings (SSSR count). The zero-order valence-corrected chi connectivity index (χ0v) is 15.7. The molecule has 1 fully saturated rings. The van der Waals surface area contributed by atoms with Crippen LogP contribution in [-0.4, -0.2) is 36.1 Å². The standard InChI is InChI=1S/C21H27FN4O/c1-23-21(25-14-18-8-9-20(27)19(22)12-18)24-13-16-4-6-17(7-5-16)15-26-10-2-3-11-26/h4-9,12,27H,2-3,10-11,13-15H2,1H3,(H2,23,24,25). The number of hydrogen-bond donors (Lipinski definition) is 3. The van der Waals surface area contributed by atoms with E-state index in [4.69, 9.17) is 0 Å². The van der Waals surface area contributed by atoms with E-state index in [1.807, 2.05) is 0 Å². The SMILES string of the molecule is CN=C(NCc1ccc(CN2CCCC2)cc1)NCc1ccc(O)c(F)c1. The Labute approximate surface area is 159 Å². The third kappa shape index (κ3) is 5.69. The van der Waals surface area contributed by atoms with Crippen LogP contribution in [0.5, 0.6) is 5.75 Å². The maximum absolute atomic E-state index is 13.4. The van der Waals surface area contributed by atoms with E-state index in [0.29, 0.717) is 19.0 Å². The molecule has 0 aromatic heterocycles. The van der Waals surface area contributed by atoms with Crippen molar-refractivity contribution in [2.75, 3.05) is 20.1 Å². The van der Waals surface area contributed by atoms with Gasteiger partial charge in [0.25, 0.3) is 0 Å². The average Bonchev–Trinajstić information content (AvgIpc) is 3.19. The largest absolute Gasteiger partial charge is 0.505 e. The van der Waals surface area contributed by atoms with E-state index >= 15 is 0 Å². The number of phenols is 1. The average molecular weight is 370 g/mol. The Morgan fingerprint density at radius 1 is 1.00 bits per heavy atom. The summed E-state index contributed by atoms with van der Waals surface area (Å²) in [6.45, 7) is 4.52. The molecule has 6 heteroatoms. The van der Waals surface area contributed by atoms with Crippen LogP contribution < -0.4 is 10.6 Å². The molecule has 1 saturated heterocycles. The lowest BCUT2D eigenvalue weighted by Gasteiger charge is -2.15. The Morgan fingerprint density at radius 2 is 1.59 bits per heavy atom. The Balaban J connectivity index is 1.46. The highest BCUT2D eigenvalue weighted by Gasteiger charge is 2.11. The van der Waals surface area contributed by atoms with Crippen molar-refractivity contribution in [2.45, 2.75) is 32.5 Å². The lowest BCUT2D eigenvalue weighted by molar-refractivity contribution is 0.331. The van der Waals surface area contributed by atoms with Crippen LogP contribution in [0, 0.1) is 5.82 Å². The first-order valence-electron chi connectivity index (χ1n) is 9.36. The predicted molar refractivity (Wildman–Crippen MR) is 106 cm³/mol. The summed E-state index contributed by atoms with van der Waals surface area (Å²) in [4.78, 5) is 6.68. The number of aromatic hydroxyl groups is 1. The van der Waals surface area contributed by atoms with Crippen LogP contribution >= 0.6 is 0 Å². The van der Waals surface area contributed by atoms with Gasteiger partial charge in [0.1, 0.15) is 0 Å². The maximum atomic E-state index is 13.4. The first kappa shape index (κ1) is 19.2. The highest BCUT2D eigenvalue weighted by atomic mass is 19.1. The van der Waals surface area contributed by atoms with Gasteiger partial charge in [-0.2, -0.15) is 0 Å². The molecule has 0 spiro atoms. The first-order chi connectivity index (χ1) is 13.1. The van der Waals surface area contributed by atoms with Crippen molar-refractivity contribution < 1.29 is 9.50 Å². The summed E-state index contributed by atoms with van der Waals surface area (Å²) in [5, 5.41) is 15.6. The van der Waals surface area contributed by atoms with Crippen molar-refractivity contribution in [1.29, 1.82) is 0 Å². The fraction of sp³-hybridized carbons (Fsp3) is 0.381. The Bertz CT molecular complexity index is 770. The number of nitrogens with one attached hydrogen (secondary N) is 2. The summed E-state index contributed by atoms with van der Waals surface area (Å²) in [7, 11) is 1.70. The second kappa shape index (κ2) is 9.37. The molecule has 0 saturated carbocycles. The van der Waals surface area contributed by atoms with Gasteiger partial charge >= 0.3 is 0 Å². The highest BCUT2D eigenvalue weighted by Crippen LogP contribution is 2.16. The molecule has 3 N–H and O–H groups in total. The molecule has 0 bridgehead atoms. The van der Waals surface area contributed by atoms with Crippen LogP contribution in [0.2, 0.25) is 0 Å². The van der Waals surface area contributed by atoms with Crippen molar-refractivity contribution in [3.8, 4) is 5.75 Å². The summed E-state index contributed by atoms with van der Waals surface area (Å²) in [6.07, 6.45) is 2.62. The number of hydrogen-bond acceptors (Lipinski definition) is 3. The molecule has 5 nitrogen and oxygen atoms in total. The minimum Gasteiger partial charge on any atom is -0.505 e. The monoisotopic (exact) mass is 370 g/mol. The number of halogens is 1. The molecule has 27 heavy (non-hydrogen) atoms. The lowest BCUT2D eigenvalue weighted by Crippen LogP contribution is -2.36. The molecule has 0 unspecified atom stereocenters. The second-order valence-electron chi connectivity index (χ2n) is 6.86. The molecular formula is C21H27FN4O. The maximum Gasteiger partial charge on any atom is 0.191 e. The van der Waals surface area contributed by atoms with Crippen LogP contribution in [0.25, 0.3) is 0 Å². The van der Waals surface area contributed by atoms with Gasteiger partial charge in [0.05, 0.1) is 0 Å². The number of likely N-dealkylation sites (tertiary alicyclic amines) is 1. The van der Waals surface area contributed by atoms with Crippen molar-refractivity contribution in [1.82, 2.24) is 15.5 Å². The predicted octanol–water partition coefficient (Wildman–Crippen LogP) is 2.99. The summed E-state index contributed by atoms with van der Waals surface area (Å²) < 4.78 is 13.4. The van der Waals surface area contributed by atoms with Gasteiger partial charge in [0.2, 0.25) is 0 Å². The second-order valence-corrected chi connectivity index (χ2v) is 6.86. The third-order valence-electron chi connectivity index (χ3n) is 4.78. The Kier molecular flexibility index (Phi) is 6.65. The number of nitrogens with zero attached hydrogens (tertiary/aromatic N) is 2. The third-order valence-corrected chi connectivity index (χ3v) is 4.78. The van der Waals surface area contributed by atoms with Gasteiger partial charge in [-0.05, 0) is 54.8 Å². The Morgan fingerprint density at radius 3 is 2.22 bits per heavy atom. The van der Waals surface area contributed by atoms with Gasteiger partial charge in [0, 0.05) is 26.7 Å². The van der Waals surface area contributed by atoms with E-state index in [1.165, 1.54) is 49.2 Å². The molecular weight excluding hydrogens is 343 g/mol.